The SMILES string of the molecule is CC1CCCC2(C1)CC(Cl)CCO2. The average molecular weight is 203 g/mol. The highest BCUT2D eigenvalue weighted by molar-refractivity contribution is 6.20. The van der Waals surface area contributed by atoms with E-state index < -0.39 is 0 Å². The first-order valence-electron chi connectivity index (χ1n) is 5.48. The van der Waals surface area contributed by atoms with E-state index in [1.807, 2.05) is 0 Å². The van der Waals surface area contributed by atoms with Gasteiger partial charge >= 0.3 is 0 Å². The molecule has 2 aliphatic rings. The highest BCUT2D eigenvalue weighted by atomic mass is 35.5. The van der Waals surface area contributed by atoms with E-state index >= 15 is 0 Å². The van der Waals surface area contributed by atoms with Crippen molar-refractivity contribution in [1.82, 2.24) is 0 Å². The maximum Gasteiger partial charge on any atom is 0.0699 e. The summed E-state index contributed by atoms with van der Waals surface area (Å²) in [6.45, 7) is 3.21. The van der Waals surface area contributed by atoms with Crippen LogP contribution in [0.25, 0.3) is 0 Å². The molecule has 1 spiro atoms. The zero-order valence-corrected chi connectivity index (χ0v) is 9.15. The van der Waals surface area contributed by atoms with E-state index in [0.29, 0.717) is 5.38 Å². The van der Waals surface area contributed by atoms with Gasteiger partial charge in [-0.15, -0.1) is 11.6 Å². The fourth-order valence-corrected chi connectivity index (χ4v) is 3.27. The molecule has 1 heterocycles. The maximum absolute atomic E-state index is 6.21. The van der Waals surface area contributed by atoms with E-state index in [1.54, 1.807) is 0 Å². The van der Waals surface area contributed by atoms with Crippen LogP contribution in [0.2, 0.25) is 0 Å². The Balaban J connectivity index is 2.00. The molecule has 0 bridgehead atoms. The molecule has 3 unspecified atom stereocenters. The van der Waals surface area contributed by atoms with Gasteiger partial charge in [-0.1, -0.05) is 19.8 Å². The zero-order valence-electron chi connectivity index (χ0n) is 8.39. The van der Waals surface area contributed by atoms with Crippen LogP contribution in [0.4, 0.5) is 0 Å². The van der Waals surface area contributed by atoms with Crippen molar-refractivity contribution in [2.24, 2.45) is 5.92 Å². The van der Waals surface area contributed by atoms with Crippen LogP contribution in [0, 0.1) is 5.92 Å². The van der Waals surface area contributed by atoms with Crippen LogP contribution in [0.15, 0.2) is 0 Å². The molecule has 1 aliphatic heterocycles. The van der Waals surface area contributed by atoms with E-state index in [9.17, 15) is 0 Å². The van der Waals surface area contributed by atoms with Crippen molar-refractivity contribution in [1.29, 1.82) is 0 Å². The number of alkyl halides is 1. The second kappa shape index (κ2) is 3.78. The smallest absolute Gasteiger partial charge is 0.0699 e. The molecule has 3 atom stereocenters. The second-order valence-corrected chi connectivity index (χ2v) is 5.44. The summed E-state index contributed by atoms with van der Waals surface area (Å²) in [6, 6.07) is 0. The monoisotopic (exact) mass is 202 g/mol. The lowest BCUT2D eigenvalue weighted by Gasteiger charge is -2.44. The van der Waals surface area contributed by atoms with E-state index in [2.05, 4.69) is 6.92 Å². The van der Waals surface area contributed by atoms with Crippen LogP contribution >= 0.6 is 11.6 Å². The molecule has 13 heavy (non-hydrogen) atoms. The molecule has 1 saturated heterocycles. The van der Waals surface area contributed by atoms with Crippen molar-refractivity contribution in [2.45, 2.75) is 56.4 Å². The largest absolute Gasteiger partial charge is 0.375 e. The van der Waals surface area contributed by atoms with Crippen molar-refractivity contribution < 1.29 is 4.74 Å². The summed E-state index contributed by atoms with van der Waals surface area (Å²) < 4.78 is 5.96. The number of halogens is 1. The van der Waals surface area contributed by atoms with Crippen LogP contribution < -0.4 is 0 Å². The molecule has 2 rings (SSSR count). The summed E-state index contributed by atoms with van der Waals surface area (Å²) in [4.78, 5) is 0. The summed E-state index contributed by atoms with van der Waals surface area (Å²) in [5.74, 6) is 0.829. The standard InChI is InChI=1S/C11H19ClO/c1-9-3-2-5-11(7-9)8-10(12)4-6-13-11/h9-10H,2-8H2,1H3. The molecule has 1 saturated carbocycles. The van der Waals surface area contributed by atoms with E-state index in [-0.39, 0.29) is 5.60 Å². The van der Waals surface area contributed by atoms with Gasteiger partial charge in [0, 0.05) is 12.0 Å². The van der Waals surface area contributed by atoms with Crippen LogP contribution in [0.3, 0.4) is 0 Å². The summed E-state index contributed by atoms with van der Waals surface area (Å²) in [7, 11) is 0. The third kappa shape index (κ3) is 2.19. The number of ether oxygens (including phenoxy) is 1. The minimum absolute atomic E-state index is 0.169. The van der Waals surface area contributed by atoms with Crippen molar-refractivity contribution >= 4 is 11.6 Å². The quantitative estimate of drug-likeness (QED) is 0.548. The molecular weight excluding hydrogens is 184 g/mol. The molecule has 1 nitrogen and oxygen atoms in total. The Kier molecular flexibility index (Phi) is 2.85. The summed E-state index contributed by atoms with van der Waals surface area (Å²) in [6.07, 6.45) is 7.29. The minimum atomic E-state index is 0.169. The van der Waals surface area contributed by atoms with Gasteiger partial charge in [0.25, 0.3) is 0 Å². The van der Waals surface area contributed by atoms with Gasteiger partial charge in [0.1, 0.15) is 0 Å². The van der Waals surface area contributed by atoms with Gasteiger partial charge in [-0.05, 0) is 31.6 Å². The number of hydrogen-bond acceptors (Lipinski definition) is 1. The van der Waals surface area contributed by atoms with Crippen molar-refractivity contribution in [3.05, 3.63) is 0 Å². The fraction of sp³-hybridized carbons (Fsp3) is 1.00. The normalized spacial score (nSPS) is 46.6. The Bertz CT molecular complexity index is 161. The molecular formula is C11H19ClO. The van der Waals surface area contributed by atoms with Crippen LogP contribution in [-0.2, 0) is 4.74 Å². The molecule has 0 N–H and O–H groups in total. The van der Waals surface area contributed by atoms with Gasteiger partial charge < -0.3 is 4.74 Å². The fourth-order valence-electron chi connectivity index (χ4n) is 2.90. The van der Waals surface area contributed by atoms with E-state index in [4.69, 9.17) is 16.3 Å². The molecule has 0 aromatic heterocycles. The molecule has 0 radical (unpaired) electrons. The van der Waals surface area contributed by atoms with Crippen LogP contribution in [0.1, 0.15) is 45.4 Å². The van der Waals surface area contributed by atoms with Gasteiger partial charge in [-0.2, -0.15) is 0 Å². The predicted octanol–water partition coefficient (Wildman–Crippen LogP) is 3.35. The first kappa shape index (κ1) is 9.79. The molecule has 1 aliphatic carbocycles. The summed E-state index contributed by atoms with van der Waals surface area (Å²) >= 11 is 6.21. The van der Waals surface area contributed by atoms with Gasteiger partial charge in [-0.3, -0.25) is 0 Å². The number of hydrogen-bond donors (Lipinski definition) is 0. The highest BCUT2D eigenvalue weighted by Crippen LogP contribution is 2.41. The van der Waals surface area contributed by atoms with E-state index in [0.717, 1.165) is 25.4 Å². The molecule has 2 fully saturated rings. The van der Waals surface area contributed by atoms with Gasteiger partial charge in [-0.25, -0.2) is 0 Å². The van der Waals surface area contributed by atoms with Crippen molar-refractivity contribution in [3.63, 3.8) is 0 Å². The summed E-state index contributed by atoms with van der Waals surface area (Å²) in [5, 5.41) is 0.360. The first-order chi connectivity index (χ1) is 6.20. The average Bonchev–Trinajstić information content (AvgIpc) is 2.02. The molecule has 0 amide bonds. The van der Waals surface area contributed by atoms with E-state index in [1.165, 1.54) is 25.7 Å². The Morgan fingerprint density at radius 3 is 2.85 bits per heavy atom. The molecule has 0 aromatic rings. The van der Waals surface area contributed by atoms with Gasteiger partial charge in [0.2, 0.25) is 0 Å². The Hall–Kier alpha value is 0.250. The lowest BCUT2D eigenvalue weighted by atomic mass is 9.75. The third-order valence-electron chi connectivity index (χ3n) is 3.48. The van der Waals surface area contributed by atoms with Crippen molar-refractivity contribution in [3.8, 4) is 0 Å². The van der Waals surface area contributed by atoms with Gasteiger partial charge in [0.05, 0.1) is 5.60 Å². The molecule has 2 heteroatoms. The lowest BCUT2D eigenvalue weighted by molar-refractivity contribution is -0.107. The lowest BCUT2D eigenvalue weighted by Crippen LogP contribution is -2.43. The third-order valence-corrected chi connectivity index (χ3v) is 3.86. The Morgan fingerprint density at radius 1 is 1.31 bits per heavy atom. The number of rotatable bonds is 0. The van der Waals surface area contributed by atoms with Gasteiger partial charge in [0.15, 0.2) is 0 Å². The predicted molar refractivity (Wildman–Crippen MR) is 55.2 cm³/mol. The van der Waals surface area contributed by atoms with Crippen LogP contribution in [0.5, 0.6) is 0 Å². The Labute approximate surface area is 85.8 Å². The maximum atomic E-state index is 6.21. The highest BCUT2D eigenvalue weighted by Gasteiger charge is 2.39. The van der Waals surface area contributed by atoms with Crippen molar-refractivity contribution in [2.75, 3.05) is 6.61 Å². The molecule has 76 valence electrons. The first-order valence-corrected chi connectivity index (χ1v) is 5.92. The topological polar surface area (TPSA) is 9.23 Å². The molecule has 0 aromatic carbocycles. The minimum Gasteiger partial charge on any atom is -0.375 e. The zero-order chi connectivity index (χ0) is 9.31. The second-order valence-electron chi connectivity index (χ2n) is 4.82. The van der Waals surface area contributed by atoms with Crippen LogP contribution in [-0.4, -0.2) is 17.6 Å². The Morgan fingerprint density at radius 2 is 2.15 bits per heavy atom. The summed E-state index contributed by atoms with van der Waals surface area (Å²) in [5.41, 5.74) is 0.169.